The molecule has 0 saturated carbocycles. The minimum atomic E-state index is -3.39. The Morgan fingerprint density at radius 3 is 2.56 bits per heavy atom. The van der Waals surface area contributed by atoms with Gasteiger partial charge in [0.05, 0.1) is 11.8 Å². The molecule has 0 aliphatic carbocycles. The molecule has 0 bridgehead atoms. The summed E-state index contributed by atoms with van der Waals surface area (Å²) in [6.07, 6.45) is 1.55. The number of rotatable bonds is 3. The third-order valence-corrected chi connectivity index (χ3v) is 4.67. The molecule has 1 saturated heterocycles. The van der Waals surface area contributed by atoms with Crippen molar-refractivity contribution in [2.24, 2.45) is 7.05 Å². The Bertz CT molecular complexity index is 488. The van der Waals surface area contributed by atoms with Crippen LogP contribution in [0.4, 0.5) is 0 Å². The summed E-state index contributed by atoms with van der Waals surface area (Å²) in [5, 5.41) is 4.04. The van der Waals surface area contributed by atoms with E-state index in [-0.39, 0.29) is 11.0 Å². The van der Waals surface area contributed by atoms with Crippen molar-refractivity contribution >= 4 is 10.0 Å². The number of nitrogens with zero attached hydrogens (tertiary/aromatic N) is 3. The molecule has 1 aliphatic rings. The van der Waals surface area contributed by atoms with Gasteiger partial charge in [-0.1, -0.05) is 0 Å². The second-order valence-corrected chi connectivity index (χ2v) is 5.84. The molecule has 16 heavy (non-hydrogen) atoms. The fourth-order valence-corrected chi connectivity index (χ4v) is 3.42. The Morgan fingerprint density at radius 1 is 1.50 bits per heavy atom. The summed E-state index contributed by atoms with van der Waals surface area (Å²) in [6.45, 7) is 2.54. The zero-order valence-electron chi connectivity index (χ0n) is 9.54. The Balaban J connectivity index is 2.24. The third kappa shape index (κ3) is 1.74. The fraction of sp³-hybridized carbons (Fsp3) is 0.667. The van der Waals surface area contributed by atoms with Crippen LogP contribution >= 0.6 is 0 Å². The van der Waals surface area contributed by atoms with Gasteiger partial charge in [-0.15, -0.1) is 0 Å². The summed E-state index contributed by atoms with van der Waals surface area (Å²) in [4.78, 5) is 0.282. The first kappa shape index (κ1) is 11.6. The van der Waals surface area contributed by atoms with Crippen molar-refractivity contribution in [1.82, 2.24) is 14.1 Å². The zero-order chi connectivity index (χ0) is 11.9. The smallest absolute Gasteiger partial charge is 0.246 e. The van der Waals surface area contributed by atoms with Crippen LogP contribution in [0.3, 0.4) is 0 Å². The van der Waals surface area contributed by atoms with Crippen molar-refractivity contribution in [2.45, 2.75) is 17.9 Å². The molecule has 0 spiro atoms. The monoisotopic (exact) mass is 245 g/mol. The molecule has 2 heterocycles. The standard InChI is InChI=1S/C9H15N3O3S/c1-7-9(6-11(2)10-7)16(13,14)12-4-8(5-12)15-3/h6,8H,4-5H2,1-3H3. The van der Waals surface area contributed by atoms with Crippen LogP contribution in [0.2, 0.25) is 0 Å². The van der Waals surface area contributed by atoms with E-state index in [9.17, 15) is 8.42 Å². The van der Waals surface area contributed by atoms with E-state index in [0.717, 1.165) is 0 Å². The molecule has 6 nitrogen and oxygen atoms in total. The van der Waals surface area contributed by atoms with Gasteiger partial charge in [-0.2, -0.15) is 9.40 Å². The van der Waals surface area contributed by atoms with Gasteiger partial charge in [0.2, 0.25) is 10.0 Å². The summed E-state index contributed by atoms with van der Waals surface area (Å²) in [5.41, 5.74) is 0.531. The number of methoxy groups -OCH3 is 1. The molecule has 0 N–H and O–H groups in total. The predicted octanol–water partition coefficient (Wildman–Crippen LogP) is -0.252. The van der Waals surface area contributed by atoms with E-state index >= 15 is 0 Å². The van der Waals surface area contributed by atoms with Gasteiger partial charge in [-0.3, -0.25) is 4.68 Å². The largest absolute Gasteiger partial charge is 0.379 e. The van der Waals surface area contributed by atoms with Crippen molar-refractivity contribution in [3.63, 3.8) is 0 Å². The lowest BCUT2D eigenvalue weighted by Gasteiger charge is -2.36. The SMILES string of the molecule is COC1CN(S(=O)(=O)c2cn(C)nc2C)C1. The highest BCUT2D eigenvalue weighted by molar-refractivity contribution is 7.89. The molecule has 1 aliphatic heterocycles. The fourth-order valence-electron chi connectivity index (χ4n) is 1.72. The Morgan fingerprint density at radius 2 is 2.12 bits per heavy atom. The predicted molar refractivity (Wildman–Crippen MR) is 57.5 cm³/mol. The summed E-state index contributed by atoms with van der Waals surface area (Å²) >= 11 is 0. The summed E-state index contributed by atoms with van der Waals surface area (Å²) in [7, 11) is -0.0894. The van der Waals surface area contributed by atoms with E-state index in [1.54, 1.807) is 21.1 Å². The first-order valence-electron chi connectivity index (χ1n) is 4.98. The number of hydrogen-bond donors (Lipinski definition) is 0. The number of hydrogen-bond acceptors (Lipinski definition) is 4. The number of ether oxygens (including phenoxy) is 1. The lowest BCUT2D eigenvalue weighted by atomic mass is 10.2. The third-order valence-electron chi connectivity index (χ3n) is 2.73. The molecule has 1 fully saturated rings. The normalized spacial score (nSPS) is 18.7. The molecule has 0 amide bonds. The average molecular weight is 245 g/mol. The average Bonchev–Trinajstić information content (AvgIpc) is 2.43. The second kappa shape index (κ2) is 3.83. The van der Waals surface area contributed by atoms with Crippen LogP contribution in [0, 0.1) is 6.92 Å². The maximum atomic E-state index is 12.1. The van der Waals surface area contributed by atoms with Gasteiger partial charge in [0.25, 0.3) is 0 Å². The van der Waals surface area contributed by atoms with Crippen LogP contribution in [0.25, 0.3) is 0 Å². The van der Waals surface area contributed by atoms with Crippen molar-refractivity contribution in [3.8, 4) is 0 Å². The Kier molecular flexibility index (Phi) is 2.77. The van der Waals surface area contributed by atoms with Crippen molar-refractivity contribution in [1.29, 1.82) is 0 Å². The van der Waals surface area contributed by atoms with Gasteiger partial charge in [-0.05, 0) is 6.92 Å². The maximum Gasteiger partial charge on any atom is 0.246 e. The lowest BCUT2D eigenvalue weighted by molar-refractivity contribution is 0.0125. The maximum absolute atomic E-state index is 12.1. The van der Waals surface area contributed by atoms with Gasteiger partial charge < -0.3 is 4.74 Å². The van der Waals surface area contributed by atoms with Crippen LogP contribution < -0.4 is 0 Å². The van der Waals surface area contributed by atoms with E-state index in [1.165, 1.54) is 15.2 Å². The summed E-state index contributed by atoms with van der Waals surface area (Å²) in [6, 6.07) is 0. The summed E-state index contributed by atoms with van der Waals surface area (Å²) in [5.74, 6) is 0. The first-order chi connectivity index (χ1) is 7.45. The lowest BCUT2D eigenvalue weighted by Crippen LogP contribution is -2.54. The van der Waals surface area contributed by atoms with Gasteiger partial charge in [-0.25, -0.2) is 8.42 Å². The minimum absolute atomic E-state index is 0.0201. The van der Waals surface area contributed by atoms with Gasteiger partial charge in [0.15, 0.2) is 0 Å². The van der Waals surface area contributed by atoms with E-state index in [4.69, 9.17) is 4.74 Å². The highest BCUT2D eigenvalue weighted by Gasteiger charge is 2.38. The molecule has 0 unspecified atom stereocenters. The van der Waals surface area contributed by atoms with E-state index in [1.807, 2.05) is 0 Å². The highest BCUT2D eigenvalue weighted by atomic mass is 32.2. The molecule has 1 aromatic heterocycles. The van der Waals surface area contributed by atoms with Gasteiger partial charge >= 0.3 is 0 Å². The van der Waals surface area contributed by atoms with E-state index < -0.39 is 10.0 Å². The molecule has 7 heteroatoms. The second-order valence-electron chi connectivity index (χ2n) is 3.93. The zero-order valence-corrected chi connectivity index (χ0v) is 10.4. The van der Waals surface area contributed by atoms with Crippen molar-refractivity contribution in [3.05, 3.63) is 11.9 Å². The molecular formula is C9H15N3O3S. The van der Waals surface area contributed by atoms with Crippen molar-refractivity contribution in [2.75, 3.05) is 20.2 Å². The Hall–Kier alpha value is -0.920. The molecule has 0 atom stereocenters. The molecule has 90 valence electrons. The molecule has 1 aromatic rings. The van der Waals surface area contributed by atoms with Gasteiger partial charge in [0, 0.05) is 33.4 Å². The van der Waals surface area contributed by atoms with Crippen LogP contribution in [0.15, 0.2) is 11.1 Å². The molecular weight excluding hydrogens is 230 g/mol. The number of sulfonamides is 1. The van der Waals surface area contributed by atoms with E-state index in [2.05, 4.69) is 5.10 Å². The quantitative estimate of drug-likeness (QED) is 0.736. The van der Waals surface area contributed by atoms with Gasteiger partial charge in [0.1, 0.15) is 4.90 Å². The van der Waals surface area contributed by atoms with Crippen LogP contribution in [0.1, 0.15) is 5.69 Å². The van der Waals surface area contributed by atoms with Crippen molar-refractivity contribution < 1.29 is 13.2 Å². The number of aryl methyl sites for hydroxylation is 2. The minimum Gasteiger partial charge on any atom is -0.379 e. The first-order valence-corrected chi connectivity index (χ1v) is 6.42. The highest BCUT2D eigenvalue weighted by Crippen LogP contribution is 2.24. The molecule has 0 radical (unpaired) electrons. The topological polar surface area (TPSA) is 64.4 Å². The molecule has 2 rings (SSSR count). The Labute approximate surface area is 94.9 Å². The van der Waals surface area contributed by atoms with Crippen LogP contribution in [0.5, 0.6) is 0 Å². The van der Waals surface area contributed by atoms with Crippen LogP contribution in [-0.4, -0.2) is 48.8 Å². The van der Waals surface area contributed by atoms with Crippen LogP contribution in [-0.2, 0) is 21.8 Å². The van der Waals surface area contributed by atoms with E-state index in [0.29, 0.717) is 18.8 Å². The number of aromatic nitrogens is 2. The summed E-state index contributed by atoms with van der Waals surface area (Å²) < 4.78 is 32.2. The molecule has 0 aromatic carbocycles.